The smallest absolute Gasteiger partial charge is 0.323 e. The summed E-state index contributed by atoms with van der Waals surface area (Å²) in [7, 11) is 1.41. The van der Waals surface area contributed by atoms with Gasteiger partial charge in [0.15, 0.2) is 0 Å². The largest absolute Gasteiger partial charge is 0.468 e. The van der Waals surface area contributed by atoms with Crippen LogP contribution in [0.1, 0.15) is 39.5 Å². The standard InChI is InChI=1S/C14H24N2O3/c1-9(2)13(14(18)19-3)15-10-8-12(17)16-7-5-4-6-11(10)16/h9-11,13,15H,4-8H2,1-3H3. The normalized spacial score (nSPS) is 28.4. The van der Waals surface area contributed by atoms with Gasteiger partial charge in [-0.15, -0.1) is 0 Å². The van der Waals surface area contributed by atoms with Crippen LogP contribution in [0.2, 0.25) is 0 Å². The Kier molecular flexibility index (Phi) is 4.45. The first kappa shape index (κ1) is 14.3. The highest BCUT2D eigenvalue weighted by Crippen LogP contribution is 2.29. The number of methoxy groups -OCH3 is 1. The molecule has 19 heavy (non-hydrogen) atoms. The molecule has 3 atom stereocenters. The van der Waals surface area contributed by atoms with Crippen molar-refractivity contribution in [1.82, 2.24) is 10.2 Å². The number of rotatable bonds is 4. The Morgan fingerprint density at radius 3 is 2.79 bits per heavy atom. The molecular formula is C14H24N2O3. The molecule has 2 fully saturated rings. The molecular weight excluding hydrogens is 244 g/mol. The number of fused-ring (bicyclic) bond motifs is 1. The number of hydrogen-bond acceptors (Lipinski definition) is 4. The van der Waals surface area contributed by atoms with Crippen LogP contribution in [-0.2, 0) is 14.3 Å². The van der Waals surface area contributed by atoms with E-state index >= 15 is 0 Å². The topological polar surface area (TPSA) is 58.6 Å². The first-order chi connectivity index (χ1) is 9.04. The number of amides is 1. The van der Waals surface area contributed by atoms with Crippen LogP contribution in [0.4, 0.5) is 0 Å². The third-order valence-corrected chi connectivity index (χ3v) is 4.24. The predicted octanol–water partition coefficient (Wildman–Crippen LogP) is 0.927. The Bertz CT molecular complexity index is 357. The minimum absolute atomic E-state index is 0.0827. The fourth-order valence-corrected chi connectivity index (χ4v) is 3.19. The molecule has 0 aliphatic carbocycles. The maximum absolute atomic E-state index is 12.0. The third kappa shape index (κ3) is 2.91. The van der Waals surface area contributed by atoms with Crippen LogP contribution in [-0.4, -0.2) is 48.6 Å². The fraction of sp³-hybridized carbons (Fsp3) is 0.857. The zero-order chi connectivity index (χ0) is 14.0. The highest BCUT2D eigenvalue weighted by molar-refractivity contribution is 5.81. The van der Waals surface area contributed by atoms with Crippen molar-refractivity contribution in [2.75, 3.05) is 13.7 Å². The lowest BCUT2D eigenvalue weighted by molar-refractivity contribution is -0.144. The Morgan fingerprint density at radius 1 is 1.42 bits per heavy atom. The van der Waals surface area contributed by atoms with E-state index in [0.717, 1.165) is 25.8 Å². The minimum atomic E-state index is -0.329. The second kappa shape index (κ2) is 5.90. The highest BCUT2D eigenvalue weighted by Gasteiger charge is 2.42. The van der Waals surface area contributed by atoms with Crippen molar-refractivity contribution in [3.63, 3.8) is 0 Å². The summed E-state index contributed by atoms with van der Waals surface area (Å²) in [6, 6.07) is 0.0103. The van der Waals surface area contributed by atoms with E-state index in [9.17, 15) is 9.59 Å². The van der Waals surface area contributed by atoms with Crippen molar-refractivity contribution in [2.45, 2.75) is 57.7 Å². The molecule has 0 radical (unpaired) electrons. The van der Waals surface area contributed by atoms with E-state index in [1.54, 1.807) is 0 Å². The van der Waals surface area contributed by atoms with Crippen molar-refractivity contribution >= 4 is 11.9 Å². The van der Waals surface area contributed by atoms with E-state index < -0.39 is 0 Å². The van der Waals surface area contributed by atoms with E-state index in [1.807, 2.05) is 18.7 Å². The average Bonchev–Trinajstić information content (AvgIpc) is 2.72. The number of ether oxygens (including phenoxy) is 1. The molecule has 0 bridgehead atoms. The van der Waals surface area contributed by atoms with Gasteiger partial charge in [-0.1, -0.05) is 13.8 Å². The molecule has 5 heteroatoms. The number of hydrogen-bond donors (Lipinski definition) is 1. The molecule has 1 amide bonds. The second-order valence-electron chi connectivity index (χ2n) is 5.87. The fourth-order valence-electron chi connectivity index (χ4n) is 3.19. The van der Waals surface area contributed by atoms with Crippen molar-refractivity contribution in [3.8, 4) is 0 Å². The van der Waals surface area contributed by atoms with E-state index in [0.29, 0.717) is 6.42 Å². The van der Waals surface area contributed by atoms with E-state index in [-0.39, 0.29) is 35.9 Å². The Labute approximate surface area is 114 Å². The third-order valence-electron chi connectivity index (χ3n) is 4.24. The monoisotopic (exact) mass is 268 g/mol. The lowest BCUT2D eigenvalue weighted by atomic mass is 9.96. The first-order valence-corrected chi connectivity index (χ1v) is 7.18. The average molecular weight is 268 g/mol. The van der Waals surface area contributed by atoms with E-state index in [1.165, 1.54) is 7.11 Å². The number of esters is 1. The van der Waals surface area contributed by atoms with E-state index in [4.69, 9.17) is 4.74 Å². The van der Waals surface area contributed by atoms with Gasteiger partial charge < -0.3 is 9.64 Å². The van der Waals surface area contributed by atoms with Gasteiger partial charge in [0.2, 0.25) is 5.91 Å². The van der Waals surface area contributed by atoms with Crippen molar-refractivity contribution in [2.24, 2.45) is 5.92 Å². The minimum Gasteiger partial charge on any atom is -0.468 e. The van der Waals surface area contributed by atoms with Gasteiger partial charge in [-0.3, -0.25) is 14.9 Å². The van der Waals surface area contributed by atoms with Gasteiger partial charge >= 0.3 is 5.97 Å². The number of carbonyl (C=O) groups excluding carboxylic acids is 2. The van der Waals surface area contributed by atoms with Gasteiger partial charge in [0.25, 0.3) is 0 Å². The molecule has 108 valence electrons. The summed E-state index contributed by atoms with van der Waals surface area (Å²) in [5.74, 6) is 0.131. The molecule has 2 saturated heterocycles. The predicted molar refractivity (Wildman–Crippen MR) is 71.5 cm³/mol. The van der Waals surface area contributed by atoms with Gasteiger partial charge in [0.1, 0.15) is 6.04 Å². The maximum Gasteiger partial charge on any atom is 0.323 e. The summed E-state index contributed by atoms with van der Waals surface area (Å²) >= 11 is 0. The van der Waals surface area contributed by atoms with Crippen LogP contribution in [0.3, 0.4) is 0 Å². The quantitative estimate of drug-likeness (QED) is 0.771. The molecule has 0 spiro atoms. The Morgan fingerprint density at radius 2 is 2.16 bits per heavy atom. The van der Waals surface area contributed by atoms with Crippen LogP contribution in [0, 0.1) is 5.92 Å². The number of carbonyl (C=O) groups is 2. The van der Waals surface area contributed by atoms with Crippen LogP contribution in [0.5, 0.6) is 0 Å². The molecule has 0 aromatic rings. The Hall–Kier alpha value is -1.10. The maximum atomic E-state index is 12.0. The lowest BCUT2D eigenvalue weighted by Gasteiger charge is -2.34. The van der Waals surface area contributed by atoms with Crippen LogP contribution in [0.15, 0.2) is 0 Å². The first-order valence-electron chi connectivity index (χ1n) is 7.18. The zero-order valence-corrected chi connectivity index (χ0v) is 12.0. The van der Waals surface area contributed by atoms with Crippen molar-refractivity contribution < 1.29 is 14.3 Å². The second-order valence-corrected chi connectivity index (χ2v) is 5.87. The molecule has 2 aliphatic rings. The summed E-state index contributed by atoms with van der Waals surface area (Å²) in [6.07, 6.45) is 3.80. The van der Waals surface area contributed by atoms with Crippen LogP contribution < -0.4 is 5.32 Å². The molecule has 2 heterocycles. The van der Waals surface area contributed by atoms with Gasteiger partial charge in [-0.2, -0.15) is 0 Å². The Balaban J connectivity index is 2.05. The van der Waals surface area contributed by atoms with Crippen molar-refractivity contribution in [1.29, 1.82) is 0 Å². The van der Waals surface area contributed by atoms with Crippen LogP contribution >= 0.6 is 0 Å². The molecule has 0 saturated carbocycles. The van der Waals surface area contributed by atoms with Gasteiger partial charge in [-0.05, 0) is 25.2 Å². The van der Waals surface area contributed by atoms with Crippen LogP contribution in [0.25, 0.3) is 0 Å². The number of piperidine rings is 1. The summed E-state index contributed by atoms with van der Waals surface area (Å²) in [4.78, 5) is 25.8. The van der Waals surface area contributed by atoms with E-state index in [2.05, 4.69) is 5.32 Å². The molecule has 1 N–H and O–H groups in total. The molecule has 0 aromatic carbocycles. The molecule has 5 nitrogen and oxygen atoms in total. The van der Waals surface area contributed by atoms with Gasteiger partial charge in [0, 0.05) is 25.0 Å². The lowest BCUT2D eigenvalue weighted by Crippen LogP contribution is -2.52. The van der Waals surface area contributed by atoms with Gasteiger partial charge in [0.05, 0.1) is 7.11 Å². The summed E-state index contributed by atoms with van der Waals surface area (Å²) in [5, 5.41) is 3.36. The molecule has 3 unspecified atom stereocenters. The number of nitrogens with one attached hydrogen (secondary N) is 1. The molecule has 2 rings (SSSR count). The highest BCUT2D eigenvalue weighted by atomic mass is 16.5. The molecule has 0 aromatic heterocycles. The summed E-state index contributed by atoms with van der Waals surface area (Å²) < 4.78 is 4.85. The molecule has 2 aliphatic heterocycles. The van der Waals surface area contributed by atoms with Crippen molar-refractivity contribution in [3.05, 3.63) is 0 Å². The summed E-state index contributed by atoms with van der Waals surface area (Å²) in [5.41, 5.74) is 0. The zero-order valence-electron chi connectivity index (χ0n) is 12.0. The SMILES string of the molecule is COC(=O)C(NC1CC(=O)N2CCCCC12)C(C)C. The summed E-state index contributed by atoms with van der Waals surface area (Å²) in [6.45, 7) is 4.85. The van der Waals surface area contributed by atoms with Gasteiger partial charge in [-0.25, -0.2) is 0 Å². The number of nitrogens with zero attached hydrogens (tertiary/aromatic N) is 1.